The molecular weight excluding hydrogens is 168 g/mol. The second kappa shape index (κ2) is 6.79. The number of thiol groups is 1. The maximum absolute atomic E-state index is 5.28. The normalized spacial score (nSPS) is 12.0. The molecule has 2 heteroatoms. The van der Waals surface area contributed by atoms with Crippen LogP contribution < -0.4 is 0 Å². The molecule has 0 aliphatic rings. The zero-order valence-corrected chi connectivity index (χ0v) is 9.49. The molecule has 0 radical (unpaired) electrons. The van der Waals surface area contributed by atoms with E-state index in [0.29, 0.717) is 0 Å². The summed E-state index contributed by atoms with van der Waals surface area (Å²) in [5.74, 6) is 0. The Balaban J connectivity index is 3.76. The third-order valence-electron chi connectivity index (χ3n) is 2.72. The fourth-order valence-corrected chi connectivity index (χ4v) is 1.82. The third kappa shape index (κ3) is 3.81. The quantitative estimate of drug-likeness (QED) is 0.363. The summed E-state index contributed by atoms with van der Waals surface area (Å²) < 4.78 is 5.28. The molecule has 0 atom stereocenters. The summed E-state index contributed by atoms with van der Waals surface area (Å²) >= 11 is 3.96. The molecule has 0 spiro atoms. The van der Waals surface area contributed by atoms with Gasteiger partial charge in [-0.2, -0.15) is 0 Å². The highest BCUT2D eigenvalue weighted by atomic mass is 32.1. The van der Waals surface area contributed by atoms with Crippen LogP contribution >= 0.6 is 12.9 Å². The lowest BCUT2D eigenvalue weighted by molar-refractivity contribution is 0.0758. The molecule has 0 saturated carbocycles. The van der Waals surface area contributed by atoms with Gasteiger partial charge in [0.2, 0.25) is 0 Å². The average Bonchev–Trinajstić information content (AvgIpc) is 2.14. The fraction of sp³-hybridized carbons (Fsp3) is 1.00. The topological polar surface area (TPSA) is 9.23 Å². The van der Waals surface area contributed by atoms with Crippen molar-refractivity contribution in [2.75, 3.05) is 0 Å². The zero-order chi connectivity index (χ0) is 9.45. The lowest BCUT2D eigenvalue weighted by Crippen LogP contribution is -2.27. The van der Waals surface area contributed by atoms with Crippen LogP contribution in [-0.2, 0) is 4.18 Å². The van der Waals surface area contributed by atoms with Gasteiger partial charge >= 0.3 is 0 Å². The van der Waals surface area contributed by atoms with Crippen LogP contribution in [0.3, 0.4) is 0 Å². The Morgan fingerprint density at radius 2 is 1.67 bits per heavy atom. The number of rotatable bonds is 7. The van der Waals surface area contributed by atoms with E-state index in [1.54, 1.807) is 0 Å². The minimum atomic E-state index is 0.0400. The Hall–Kier alpha value is 0.310. The molecule has 0 unspecified atom stereocenters. The lowest BCUT2D eigenvalue weighted by Gasteiger charge is -2.28. The van der Waals surface area contributed by atoms with Gasteiger partial charge in [0.15, 0.2) is 0 Å². The zero-order valence-electron chi connectivity index (χ0n) is 8.60. The van der Waals surface area contributed by atoms with E-state index in [-0.39, 0.29) is 5.60 Å². The van der Waals surface area contributed by atoms with Crippen molar-refractivity contribution >= 4 is 12.9 Å². The summed E-state index contributed by atoms with van der Waals surface area (Å²) in [5.41, 5.74) is 0.0400. The van der Waals surface area contributed by atoms with E-state index in [1.165, 1.54) is 19.3 Å². The van der Waals surface area contributed by atoms with Gasteiger partial charge in [0, 0.05) is 0 Å². The highest BCUT2D eigenvalue weighted by Gasteiger charge is 2.25. The first-order chi connectivity index (χ1) is 5.74. The van der Waals surface area contributed by atoms with Crippen LogP contribution in [0.5, 0.6) is 0 Å². The van der Waals surface area contributed by atoms with Crippen LogP contribution in [0.4, 0.5) is 0 Å². The molecule has 0 bridgehead atoms. The largest absolute Gasteiger partial charge is 0.312 e. The van der Waals surface area contributed by atoms with E-state index >= 15 is 0 Å². The van der Waals surface area contributed by atoms with Crippen LogP contribution in [0.15, 0.2) is 0 Å². The first kappa shape index (κ1) is 12.3. The van der Waals surface area contributed by atoms with E-state index in [2.05, 4.69) is 33.7 Å². The van der Waals surface area contributed by atoms with E-state index < -0.39 is 0 Å². The van der Waals surface area contributed by atoms with Crippen LogP contribution in [0.25, 0.3) is 0 Å². The maximum atomic E-state index is 5.28. The summed E-state index contributed by atoms with van der Waals surface area (Å²) in [6.45, 7) is 6.57. The predicted octanol–water partition coefficient (Wildman–Crippen LogP) is 3.99. The summed E-state index contributed by atoms with van der Waals surface area (Å²) in [4.78, 5) is 0. The van der Waals surface area contributed by atoms with Gasteiger partial charge in [-0.25, -0.2) is 0 Å². The Bertz CT molecular complexity index is 91.7. The second-order valence-corrected chi connectivity index (χ2v) is 3.62. The Kier molecular flexibility index (Phi) is 6.96. The van der Waals surface area contributed by atoms with Gasteiger partial charge in [0.25, 0.3) is 0 Å². The molecular formula is C10H22OS. The van der Waals surface area contributed by atoms with Crippen LogP contribution in [0.1, 0.15) is 59.3 Å². The summed E-state index contributed by atoms with van der Waals surface area (Å²) in [6.07, 6.45) is 7.12. The monoisotopic (exact) mass is 190 g/mol. The highest BCUT2D eigenvalue weighted by molar-refractivity contribution is 7.75. The van der Waals surface area contributed by atoms with E-state index in [0.717, 1.165) is 19.3 Å². The van der Waals surface area contributed by atoms with Gasteiger partial charge in [0.1, 0.15) is 0 Å². The molecule has 0 saturated heterocycles. The molecule has 0 aromatic carbocycles. The van der Waals surface area contributed by atoms with Gasteiger partial charge in [-0.15, -0.1) is 0 Å². The SMILES string of the molecule is CCCCCC(CC)(CC)OS. The fourth-order valence-electron chi connectivity index (χ4n) is 1.48. The van der Waals surface area contributed by atoms with Crippen molar-refractivity contribution in [1.82, 2.24) is 0 Å². The standard InChI is InChI=1S/C10H22OS/c1-4-7-8-9-10(5-2,6-3)11-12/h12H,4-9H2,1-3H3. The summed E-state index contributed by atoms with van der Waals surface area (Å²) in [5, 5.41) is 0. The van der Waals surface area contributed by atoms with Crippen LogP contribution in [0.2, 0.25) is 0 Å². The van der Waals surface area contributed by atoms with Crippen molar-refractivity contribution in [2.24, 2.45) is 0 Å². The lowest BCUT2D eigenvalue weighted by atomic mass is 9.91. The van der Waals surface area contributed by atoms with Gasteiger partial charge < -0.3 is 4.18 Å². The van der Waals surface area contributed by atoms with Crippen molar-refractivity contribution in [3.63, 3.8) is 0 Å². The number of hydrogen-bond acceptors (Lipinski definition) is 2. The van der Waals surface area contributed by atoms with Crippen LogP contribution in [-0.4, -0.2) is 5.60 Å². The van der Waals surface area contributed by atoms with Crippen molar-refractivity contribution in [3.05, 3.63) is 0 Å². The summed E-state index contributed by atoms with van der Waals surface area (Å²) in [7, 11) is 0. The molecule has 0 aromatic heterocycles. The molecule has 1 nitrogen and oxygen atoms in total. The van der Waals surface area contributed by atoms with E-state index in [4.69, 9.17) is 4.18 Å². The van der Waals surface area contributed by atoms with Gasteiger partial charge in [0.05, 0.1) is 5.60 Å². The van der Waals surface area contributed by atoms with Crippen molar-refractivity contribution < 1.29 is 4.18 Å². The minimum absolute atomic E-state index is 0.0400. The number of hydrogen-bond donors (Lipinski definition) is 1. The average molecular weight is 190 g/mol. The summed E-state index contributed by atoms with van der Waals surface area (Å²) in [6, 6.07) is 0. The first-order valence-electron chi connectivity index (χ1n) is 5.07. The molecule has 0 N–H and O–H groups in total. The molecule has 12 heavy (non-hydrogen) atoms. The second-order valence-electron chi connectivity index (χ2n) is 3.44. The molecule has 0 amide bonds. The molecule has 0 fully saturated rings. The Morgan fingerprint density at radius 3 is 2.00 bits per heavy atom. The highest BCUT2D eigenvalue weighted by Crippen LogP contribution is 2.28. The molecule has 0 aromatic rings. The van der Waals surface area contributed by atoms with E-state index in [9.17, 15) is 0 Å². The first-order valence-corrected chi connectivity index (χ1v) is 5.43. The van der Waals surface area contributed by atoms with Crippen molar-refractivity contribution in [2.45, 2.75) is 64.9 Å². The van der Waals surface area contributed by atoms with Crippen molar-refractivity contribution in [3.8, 4) is 0 Å². The van der Waals surface area contributed by atoms with Gasteiger partial charge in [-0.3, -0.25) is 0 Å². The maximum Gasteiger partial charge on any atom is 0.0820 e. The molecule has 74 valence electrons. The number of unbranched alkanes of at least 4 members (excludes halogenated alkanes) is 2. The Morgan fingerprint density at radius 1 is 1.08 bits per heavy atom. The van der Waals surface area contributed by atoms with Gasteiger partial charge in [-0.05, 0) is 32.2 Å². The molecule has 0 aliphatic heterocycles. The van der Waals surface area contributed by atoms with Crippen LogP contribution in [0, 0.1) is 0 Å². The third-order valence-corrected chi connectivity index (χ3v) is 3.11. The molecule has 0 aliphatic carbocycles. The molecule has 0 rings (SSSR count). The van der Waals surface area contributed by atoms with E-state index in [1.807, 2.05) is 0 Å². The smallest absolute Gasteiger partial charge is 0.0820 e. The molecule has 0 heterocycles. The minimum Gasteiger partial charge on any atom is -0.312 e. The van der Waals surface area contributed by atoms with Crippen molar-refractivity contribution in [1.29, 1.82) is 0 Å². The van der Waals surface area contributed by atoms with Gasteiger partial charge in [-0.1, -0.05) is 40.0 Å². The Labute approximate surface area is 82.5 Å². The predicted molar refractivity (Wildman–Crippen MR) is 57.5 cm³/mol.